The minimum atomic E-state index is -0.294. The molecule has 0 heterocycles. The zero-order valence-electron chi connectivity index (χ0n) is 12.8. The number of aliphatic hydroxyl groups is 1. The van der Waals surface area contributed by atoms with Gasteiger partial charge in [0.1, 0.15) is 11.6 Å². The molecule has 2 N–H and O–H groups in total. The molecule has 2 atom stereocenters. The summed E-state index contributed by atoms with van der Waals surface area (Å²) >= 11 is 0. The largest absolute Gasteiger partial charge is 0.494 e. The molecule has 22 heavy (non-hydrogen) atoms. The molecule has 0 aromatic heterocycles. The molecular weight excluding hydrogens is 285 g/mol. The lowest BCUT2D eigenvalue weighted by atomic mass is 9.85. The molecule has 1 saturated carbocycles. The molecule has 5 heteroatoms. The third kappa shape index (κ3) is 5.30. The van der Waals surface area contributed by atoms with E-state index in [0.717, 1.165) is 25.7 Å². The quantitative estimate of drug-likeness (QED) is 0.761. The maximum Gasteiger partial charge on any atom is 0.220 e. The maximum atomic E-state index is 12.7. The Bertz CT molecular complexity index is 463. The second-order valence-corrected chi connectivity index (χ2v) is 5.81. The van der Waals surface area contributed by atoms with Gasteiger partial charge in [-0.05, 0) is 43.5 Å². The molecule has 2 unspecified atom stereocenters. The highest BCUT2D eigenvalue weighted by molar-refractivity contribution is 5.76. The fourth-order valence-corrected chi connectivity index (χ4v) is 2.85. The van der Waals surface area contributed by atoms with Gasteiger partial charge in [-0.15, -0.1) is 0 Å². The molecule has 1 fully saturated rings. The Hall–Kier alpha value is -1.62. The standard InChI is InChI=1S/C17H24FNO3/c18-14-7-9-15(10-8-14)22-11-3-6-17(21)19-16-5-2-1-4-13(16)12-20/h7-10,13,16,20H,1-6,11-12H2,(H,19,21). The first-order chi connectivity index (χ1) is 10.7. The first-order valence-electron chi connectivity index (χ1n) is 7.97. The number of carbonyl (C=O) groups excluding carboxylic acids is 1. The zero-order chi connectivity index (χ0) is 15.8. The molecule has 4 nitrogen and oxygen atoms in total. The van der Waals surface area contributed by atoms with E-state index in [2.05, 4.69) is 5.32 Å². The van der Waals surface area contributed by atoms with Gasteiger partial charge < -0.3 is 15.2 Å². The first-order valence-corrected chi connectivity index (χ1v) is 7.97. The summed E-state index contributed by atoms with van der Waals surface area (Å²) in [5.41, 5.74) is 0. The minimum Gasteiger partial charge on any atom is -0.494 e. The van der Waals surface area contributed by atoms with Gasteiger partial charge in [0.15, 0.2) is 0 Å². The van der Waals surface area contributed by atoms with Crippen molar-refractivity contribution in [3.8, 4) is 5.75 Å². The Morgan fingerprint density at radius 3 is 2.73 bits per heavy atom. The van der Waals surface area contributed by atoms with Crippen molar-refractivity contribution in [2.24, 2.45) is 5.92 Å². The number of ether oxygens (including phenoxy) is 1. The van der Waals surface area contributed by atoms with E-state index in [4.69, 9.17) is 4.74 Å². The normalized spacial score (nSPS) is 21.4. The average Bonchev–Trinajstić information content (AvgIpc) is 2.54. The SMILES string of the molecule is O=C(CCCOc1ccc(F)cc1)NC1CCCCC1CO. The van der Waals surface area contributed by atoms with Crippen LogP contribution in [0.4, 0.5) is 4.39 Å². The number of hydrogen-bond donors (Lipinski definition) is 2. The first kappa shape index (κ1) is 16.7. The van der Waals surface area contributed by atoms with Gasteiger partial charge in [-0.25, -0.2) is 4.39 Å². The predicted octanol–water partition coefficient (Wildman–Crippen LogP) is 2.65. The lowest BCUT2D eigenvalue weighted by Crippen LogP contribution is -2.43. The van der Waals surface area contributed by atoms with Crippen LogP contribution in [0.3, 0.4) is 0 Å². The van der Waals surface area contributed by atoms with Crippen LogP contribution in [0.1, 0.15) is 38.5 Å². The number of halogens is 1. The molecule has 0 aliphatic heterocycles. The fraction of sp³-hybridized carbons (Fsp3) is 0.588. The lowest BCUT2D eigenvalue weighted by Gasteiger charge is -2.30. The number of nitrogens with one attached hydrogen (secondary N) is 1. The van der Waals surface area contributed by atoms with Crippen LogP contribution in [-0.4, -0.2) is 30.3 Å². The minimum absolute atomic E-state index is 0.00746. The summed E-state index contributed by atoms with van der Waals surface area (Å²) in [6, 6.07) is 5.94. The van der Waals surface area contributed by atoms with Crippen LogP contribution in [0.2, 0.25) is 0 Å². The van der Waals surface area contributed by atoms with E-state index >= 15 is 0 Å². The highest BCUT2D eigenvalue weighted by Gasteiger charge is 2.25. The van der Waals surface area contributed by atoms with E-state index in [9.17, 15) is 14.3 Å². The number of aliphatic hydroxyl groups excluding tert-OH is 1. The summed E-state index contributed by atoms with van der Waals surface area (Å²) < 4.78 is 18.2. The molecule has 2 rings (SSSR count). The molecule has 1 aromatic rings. The Morgan fingerprint density at radius 1 is 1.27 bits per heavy atom. The monoisotopic (exact) mass is 309 g/mol. The van der Waals surface area contributed by atoms with Gasteiger partial charge in [-0.1, -0.05) is 12.8 Å². The highest BCUT2D eigenvalue weighted by atomic mass is 19.1. The van der Waals surface area contributed by atoms with Gasteiger partial charge in [0.2, 0.25) is 5.91 Å². The van der Waals surface area contributed by atoms with Crippen LogP contribution in [0.25, 0.3) is 0 Å². The molecule has 1 aliphatic carbocycles. The number of hydrogen-bond acceptors (Lipinski definition) is 3. The van der Waals surface area contributed by atoms with Crippen LogP contribution >= 0.6 is 0 Å². The maximum absolute atomic E-state index is 12.7. The van der Waals surface area contributed by atoms with Gasteiger partial charge in [0, 0.05) is 25.0 Å². The zero-order valence-corrected chi connectivity index (χ0v) is 12.8. The number of amides is 1. The van der Waals surface area contributed by atoms with E-state index in [1.165, 1.54) is 12.1 Å². The summed E-state index contributed by atoms with van der Waals surface area (Å²) in [5, 5.41) is 12.4. The Morgan fingerprint density at radius 2 is 2.00 bits per heavy atom. The Labute approximate surface area is 130 Å². The van der Waals surface area contributed by atoms with Crippen LogP contribution in [0.5, 0.6) is 5.75 Å². The van der Waals surface area contributed by atoms with Crippen molar-refractivity contribution in [1.82, 2.24) is 5.32 Å². The van der Waals surface area contributed by atoms with Crippen molar-refractivity contribution >= 4 is 5.91 Å². The second-order valence-electron chi connectivity index (χ2n) is 5.81. The average molecular weight is 309 g/mol. The van der Waals surface area contributed by atoms with Crippen molar-refractivity contribution in [3.05, 3.63) is 30.1 Å². The van der Waals surface area contributed by atoms with Crippen molar-refractivity contribution < 1.29 is 19.0 Å². The van der Waals surface area contributed by atoms with Crippen molar-refractivity contribution in [1.29, 1.82) is 0 Å². The molecule has 0 saturated heterocycles. The van der Waals surface area contributed by atoms with Crippen LogP contribution in [0, 0.1) is 11.7 Å². The molecule has 1 aromatic carbocycles. The van der Waals surface area contributed by atoms with Gasteiger partial charge in [-0.3, -0.25) is 4.79 Å². The van der Waals surface area contributed by atoms with Crippen molar-refractivity contribution in [2.45, 2.75) is 44.6 Å². The molecule has 0 spiro atoms. The number of rotatable bonds is 7. The number of benzene rings is 1. The summed E-state index contributed by atoms with van der Waals surface area (Å²) in [6.07, 6.45) is 5.17. The van der Waals surface area contributed by atoms with E-state index < -0.39 is 0 Å². The Kier molecular flexibility index (Phi) is 6.65. The van der Waals surface area contributed by atoms with Gasteiger partial charge >= 0.3 is 0 Å². The predicted molar refractivity (Wildman–Crippen MR) is 82.1 cm³/mol. The lowest BCUT2D eigenvalue weighted by molar-refractivity contribution is -0.122. The van der Waals surface area contributed by atoms with Crippen LogP contribution < -0.4 is 10.1 Å². The van der Waals surface area contributed by atoms with E-state index in [-0.39, 0.29) is 30.3 Å². The second kappa shape index (κ2) is 8.73. The smallest absolute Gasteiger partial charge is 0.220 e. The summed E-state index contributed by atoms with van der Waals surface area (Å²) in [4.78, 5) is 11.9. The van der Waals surface area contributed by atoms with E-state index in [0.29, 0.717) is 25.2 Å². The topological polar surface area (TPSA) is 58.6 Å². The van der Waals surface area contributed by atoms with E-state index in [1.807, 2.05) is 0 Å². The molecule has 1 aliphatic rings. The summed E-state index contributed by atoms with van der Waals surface area (Å²) in [6.45, 7) is 0.561. The van der Waals surface area contributed by atoms with E-state index in [1.54, 1.807) is 12.1 Å². The van der Waals surface area contributed by atoms with Gasteiger partial charge in [0.25, 0.3) is 0 Å². The van der Waals surface area contributed by atoms with Gasteiger partial charge in [-0.2, -0.15) is 0 Å². The molecule has 0 radical (unpaired) electrons. The molecule has 1 amide bonds. The van der Waals surface area contributed by atoms with Crippen LogP contribution in [0.15, 0.2) is 24.3 Å². The summed E-state index contributed by atoms with van der Waals surface area (Å²) in [7, 11) is 0. The molecular formula is C17H24FNO3. The van der Waals surface area contributed by atoms with Crippen LogP contribution in [-0.2, 0) is 4.79 Å². The third-order valence-corrected chi connectivity index (χ3v) is 4.12. The van der Waals surface area contributed by atoms with Gasteiger partial charge in [0.05, 0.1) is 6.61 Å². The summed E-state index contributed by atoms with van der Waals surface area (Å²) in [5.74, 6) is 0.508. The molecule has 0 bridgehead atoms. The highest BCUT2D eigenvalue weighted by Crippen LogP contribution is 2.24. The number of carbonyl (C=O) groups is 1. The molecule has 122 valence electrons. The van der Waals surface area contributed by atoms with Crippen molar-refractivity contribution in [3.63, 3.8) is 0 Å². The van der Waals surface area contributed by atoms with Crippen molar-refractivity contribution in [2.75, 3.05) is 13.2 Å². The third-order valence-electron chi connectivity index (χ3n) is 4.12. The fourth-order valence-electron chi connectivity index (χ4n) is 2.85. The Balaban J connectivity index is 1.64.